The van der Waals surface area contributed by atoms with E-state index in [1.165, 1.54) is 23.1 Å². The molecule has 6 nitrogen and oxygen atoms in total. The molecule has 0 bridgehead atoms. The number of nitro benzene ring substituents is 1. The van der Waals surface area contributed by atoms with Crippen LogP contribution in [0.4, 0.5) is 11.4 Å². The van der Waals surface area contributed by atoms with Crippen molar-refractivity contribution in [2.75, 3.05) is 11.4 Å². The van der Waals surface area contributed by atoms with Gasteiger partial charge in [-0.25, -0.2) is 0 Å². The van der Waals surface area contributed by atoms with E-state index >= 15 is 0 Å². The third-order valence-electron chi connectivity index (χ3n) is 2.54. The van der Waals surface area contributed by atoms with Crippen LogP contribution in [0.2, 0.25) is 0 Å². The van der Waals surface area contributed by atoms with Crippen molar-refractivity contribution >= 4 is 39.9 Å². The average Bonchev–Trinajstić information content (AvgIpc) is 2.57. The normalized spacial score (nSPS) is 19.8. The number of aliphatic hydroxyl groups excluding tert-OH is 1. The molecule has 90 valence electrons. The molecule has 1 N–H and O–H groups in total. The molecule has 2 rings (SSSR count). The van der Waals surface area contributed by atoms with E-state index in [9.17, 15) is 20.0 Å². The number of hydrogen-bond donors (Lipinski definition) is 1. The molecule has 1 fully saturated rings. The number of β-amino-alcohol motifs (C(OH)–C–C–N with tert-alkyl or cyclic N) is 1. The van der Waals surface area contributed by atoms with E-state index in [2.05, 4.69) is 0 Å². The van der Waals surface area contributed by atoms with Crippen LogP contribution in [-0.4, -0.2) is 28.6 Å². The number of carbonyl (C=O) groups is 1. The average molecular weight is 348 g/mol. The van der Waals surface area contributed by atoms with Crippen LogP contribution in [0.3, 0.4) is 0 Å². The van der Waals surface area contributed by atoms with Crippen LogP contribution < -0.4 is 4.90 Å². The summed E-state index contributed by atoms with van der Waals surface area (Å²) in [6, 6.07) is 4.30. The summed E-state index contributed by atoms with van der Waals surface area (Å²) in [6.45, 7) is 0.243. The highest BCUT2D eigenvalue weighted by Gasteiger charge is 2.30. The van der Waals surface area contributed by atoms with Crippen LogP contribution >= 0.6 is 22.6 Å². The Kier molecular flexibility index (Phi) is 3.29. The van der Waals surface area contributed by atoms with Gasteiger partial charge in [0.1, 0.15) is 0 Å². The molecular weight excluding hydrogens is 339 g/mol. The maximum absolute atomic E-state index is 11.6. The second-order valence-corrected chi connectivity index (χ2v) is 4.92. The lowest BCUT2D eigenvalue weighted by atomic mass is 10.2. The first kappa shape index (κ1) is 12.2. The van der Waals surface area contributed by atoms with Crippen LogP contribution in [0.25, 0.3) is 0 Å². The summed E-state index contributed by atoms with van der Waals surface area (Å²) < 4.78 is 0.624. The van der Waals surface area contributed by atoms with Gasteiger partial charge in [-0.3, -0.25) is 14.9 Å². The van der Waals surface area contributed by atoms with Crippen molar-refractivity contribution in [3.8, 4) is 0 Å². The molecule has 7 heteroatoms. The highest BCUT2D eigenvalue weighted by atomic mass is 127. The summed E-state index contributed by atoms with van der Waals surface area (Å²) in [7, 11) is 0. The van der Waals surface area contributed by atoms with Crippen molar-refractivity contribution in [3.63, 3.8) is 0 Å². The second kappa shape index (κ2) is 4.57. The van der Waals surface area contributed by atoms with Crippen LogP contribution in [0.1, 0.15) is 6.42 Å². The van der Waals surface area contributed by atoms with E-state index in [0.29, 0.717) is 9.26 Å². The molecule has 1 aliphatic rings. The Bertz CT molecular complexity index is 491. The quantitative estimate of drug-likeness (QED) is 0.496. The van der Waals surface area contributed by atoms with Gasteiger partial charge < -0.3 is 10.0 Å². The first-order valence-electron chi connectivity index (χ1n) is 4.91. The topological polar surface area (TPSA) is 83.7 Å². The number of rotatable bonds is 2. The largest absolute Gasteiger partial charge is 0.391 e. The van der Waals surface area contributed by atoms with Crippen molar-refractivity contribution in [1.29, 1.82) is 0 Å². The molecule has 1 atom stereocenters. The number of amides is 1. The number of carbonyl (C=O) groups excluding carboxylic acids is 1. The SMILES string of the molecule is O=C1CC(O)CN1c1ccc([N+](=O)[O-])cc1I. The molecule has 0 aliphatic carbocycles. The highest BCUT2D eigenvalue weighted by Crippen LogP contribution is 2.29. The Labute approximate surface area is 111 Å². The summed E-state index contributed by atoms with van der Waals surface area (Å²) in [4.78, 5) is 23.1. The van der Waals surface area contributed by atoms with Crippen LogP contribution in [0, 0.1) is 13.7 Å². The maximum atomic E-state index is 11.6. The summed E-state index contributed by atoms with van der Waals surface area (Å²) in [6.07, 6.45) is -0.555. The van der Waals surface area contributed by atoms with Gasteiger partial charge in [-0.05, 0) is 28.7 Å². The Hall–Kier alpha value is -1.22. The molecule has 1 aliphatic heterocycles. The van der Waals surface area contributed by atoms with Crippen molar-refractivity contribution in [2.45, 2.75) is 12.5 Å². The smallest absolute Gasteiger partial charge is 0.270 e. The van der Waals surface area contributed by atoms with E-state index in [-0.39, 0.29) is 24.6 Å². The van der Waals surface area contributed by atoms with Crippen LogP contribution in [-0.2, 0) is 4.79 Å². The van der Waals surface area contributed by atoms with Gasteiger partial charge in [0, 0.05) is 15.7 Å². The van der Waals surface area contributed by atoms with Crippen molar-refractivity contribution < 1.29 is 14.8 Å². The minimum Gasteiger partial charge on any atom is -0.391 e. The molecule has 1 saturated heterocycles. The van der Waals surface area contributed by atoms with Gasteiger partial charge in [0.2, 0.25) is 5.91 Å². The molecule has 1 amide bonds. The summed E-state index contributed by atoms with van der Waals surface area (Å²) in [5, 5.41) is 20.0. The van der Waals surface area contributed by atoms with Gasteiger partial charge in [-0.2, -0.15) is 0 Å². The van der Waals surface area contributed by atoms with Crippen LogP contribution in [0.15, 0.2) is 18.2 Å². The zero-order valence-electron chi connectivity index (χ0n) is 8.67. The standard InChI is InChI=1S/C10H9IN2O4/c11-8-3-6(13(16)17)1-2-9(8)12-5-7(14)4-10(12)15/h1-3,7,14H,4-5H2. The number of hydrogen-bond acceptors (Lipinski definition) is 4. The Morgan fingerprint density at radius 3 is 2.71 bits per heavy atom. The molecule has 0 spiro atoms. The first-order chi connectivity index (χ1) is 7.99. The second-order valence-electron chi connectivity index (χ2n) is 3.76. The van der Waals surface area contributed by atoms with E-state index in [1.54, 1.807) is 0 Å². The summed E-state index contributed by atoms with van der Waals surface area (Å²) in [5.74, 6) is -0.163. The number of anilines is 1. The van der Waals surface area contributed by atoms with Gasteiger partial charge in [-0.15, -0.1) is 0 Å². The monoisotopic (exact) mass is 348 g/mol. The zero-order valence-corrected chi connectivity index (χ0v) is 10.8. The van der Waals surface area contributed by atoms with Gasteiger partial charge >= 0.3 is 0 Å². The lowest BCUT2D eigenvalue weighted by Gasteiger charge is -2.17. The summed E-state index contributed by atoms with van der Waals surface area (Å²) >= 11 is 1.95. The fraction of sp³-hybridized carbons (Fsp3) is 0.300. The zero-order chi connectivity index (χ0) is 12.6. The number of halogens is 1. The molecule has 17 heavy (non-hydrogen) atoms. The number of nitrogens with zero attached hydrogens (tertiary/aromatic N) is 2. The first-order valence-corrected chi connectivity index (χ1v) is 5.99. The van der Waals surface area contributed by atoms with Crippen molar-refractivity contribution in [3.05, 3.63) is 31.9 Å². The molecule has 1 heterocycles. The van der Waals surface area contributed by atoms with Gasteiger partial charge in [0.05, 0.1) is 29.7 Å². The third kappa shape index (κ3) is 2.39. The minimum absolute atomic E-state index is 0.00894. The maximum Gasteiger partial charge on any atom is 0.270 e. The van der Waals surface area contributed by atoms with Crippen molar-refractivity contribution in [2.24, 2.45) is 0 Å². The third-order valence-corrected chi connectivity index (χ3v) is 3.40. The molecule has 0 aromatic heterocycles. The van der Waals surface area contributed by atoms with Crippen molar-refractivity contribution in [1.82, 2.24) is 0 Å². The predicted octanol–water partition coefficient (Wildman–Crippen LogP) is 1.30. The Morgan fingerprint density at radius 2 is 2.24 bits per heavy atom. The number of benzene rings is 1. The van der Waals surface area contributed by atoms with E-state index in [4.69, 9.17) is 0 Å². The Morgan fingerprint density at radius 1 is 1.53 bits per heavy atom. The highest BCUT2D eigenvalue weighted by molar-refractivity contribution is 14.1. The van der Waals surface area contributed by atoms with Gasteiger partial charge in [0.15, 0.2) is 0 Å². The number of nitro groups is 1. The molecule has 1 aromatic rings. The summed E-state index contributed by atoms with van der Waals surface area (Å²) in [5.41, 5.74) is 0.600. The molecule has 1 aromatic carbocycles. The lowest BCUT2D eigenvalue weighted by Crippen LogP contribution is -2.26. The van der Waals surface area contributed by atoms with Gasteiger partial charge in [-0.1, -0.05) is 0 Å². The molecular formula is C10H9IN2O4. The fourth-order valence-corrected chi connectivity index (χ4v) is 2.54. The van der Waals surface area contributed by atoms with E-state index in [0.717, 1.165) is 0 Å². The molecule has 0 saturated carbocycles. The van der Waals surface area contributed by atoms with Gasteiger partial charge in [0.25, 0.3) is 5.69 Å². The molecule has 0 radical (unpaired) electrons. The predicted molar refractivity (Wildman–Crippen MR) is 68.8 cm³/mol. The number of non-ortho nitro benzene ring substituents is 1. The number of aliphatic hydroxyl groups is 1. The Balaban J connectivity index is 2.34. The minimum atomic E-state index is -0.659. The molecule has 1 unspecified atom stereocenters. The van der Waals surface area contributed by atoms with Crippen LogP contribution in [0.5, 0.6) is 0 Å². The fourth-order valence-electron chi connectivity index (χ4n) is 1.75. The van der Waals surface area contributed by atoms with E-state index in [1.807, 2.05) is 22.6 Å². The lowest BCUT2D eigenvalue weighted by molar-refractivity contribution is -0.384. The van der Waals surface area contributed by atoms with E-state index < -0.39 is 11.0 Å².